The molecule has 0 atom stereocenters. The zero-order chi connectivity index (χ0) is 39.3. The molecule has 4 N–H and O–H groups in total. The minimum Gasteiger partial charge on any atom is -0.497 e. The van der Waals surface area contributed by atoms with Crippen molar-refractivity contribution < 1.29 is 38.0 Å². The fourth-order valence-electron chi connectivity index (χ4n) is 5.48. The van der Waals surface area contributed by atoms with Crippen molar-refractivity contribution in [3.05, 3.63) is 133 Å². The first-order valence-corrected chi connectivity index (χ1v) is 17.6. The smallest absolute Gasteiger partial charge is 0.311 e. The van der Waals surface area contributed by atoms with Gasteiger partial charge < -0.3 is 49.7 Å². The predicted molar refractivity (Wildman–Crippen MR) is 218 cm³/mol. The molecule has 0 aliphatic carbocycles. The number of hydrogen-bond acceptors (Lipinski definition) is 12. The maximum atomic E-state index is 13.2. The van der Waals surface area contributed by atoms with Crippen LogP contribution >= 0.6 is 0 Å². The third-order valence-electron chi connectivity index (χ3n) is 8.44. The van der Waals surface area contributed by atoms with Gasteiger partial charge in [-0.25, -0.2) is 0 Å². The molecule has 0 saturated heterocycles. The first kappa shape index (κ1) is 38.4. The molecule has 56 heavy (non-hydrogen) atoms. The van der Waals surface area contributed by atoms with Gasteiger partial charge in [0.2, 0.25) is 0 Å². The topological polar surface area (TPSA) is 138 Å². The molecule has 286 valence electrons. The summed E-state index contributed by atoms with van der Waals surface area (Å²) in [6, 6.07) is 40.3. The van der Waals surface area contributed by atoms with Crippen molar-refractivity contribution >= 4 is 57.4 Å². The number of rotatable bonds is 17. The van der Waals surface area contributed by atoms with E-state index >= 15 is 0 Å². The zero-order valence-electron chi connectivity index (χ0n) is 31.4. The fraction of sp³-hybridized carbons (Fsp3) is 0.136. The summed E-state index contributed by atoms with van der Waals surface area (Å²) in [5.41, 5.74) is 5.74. The van der Waals surface area contributed by atoms with Crippen LogP contribution in [0.1, 0.15) is 12.8 Å². The van der Waals surface area contributed by atoms with Crippen LogP contribution in [0.5, 0.6) is 34.5 Å². The van der Waals surface area contributed by atoms with Crippen LogP contribution in [0, 0.1) is 0 Å². The average molecular weight is 755 g/mol. The van der Waals surface area contributed by atoms with Crippen molar-refractivity contribution in [2.45, 2.75) is 12.8 Å². The first-order valence-electron chi connectivity index (χ1n) is 17.6. The summed E-state index contributed by atoms with van der Waals surface area (Å²) in [7, 11) is 6.42. The summed E-state index contributed by atoms with van der Waals surface area (Å²) in [4.78, 5) is 26.3. The molecule has 0 unspecified atom stereocenters. The summed E-state index contributed by atoms with van der Waals surface area (Å²) in [5, 5.41) is 13.3. The Bertz CT molecular complexity index is 2070. The lowest BCUT2D eigenvalue weighted by Gasteiger charge is -2.16. The molecule has 0 saturated carbocycles. The van der Waals surface area contributed by atoms with Gasteiger partial charge in [0.05, 0.1) is 52.7 Å². The Labute approximate surface area is 325 Å². The molecule has 0 amide bonds. The first-order chi connectivity index (χ1) is 27.3. The normalized spacial score (nSPS) is 10.4. The van der Waals surface area contributed by atoms with Crippen molar-refractivity contribution in [1.29, 1.82) is 0 Å². The number of methoxy groups -OCH3 is 4. The Morgan fingerprint density at radius 1 is 0.375 bits per heavy atom. The molecule has 12 heteroatoms. The summed E-state index contributed by atoms with van der Waals surface area (Å²) >= 11 is 0. The van der Waals surface area contributed by atoms with Crippen LogP contribution in [0.4, 0.5) is 45.5 Å². The van der Waals surface area contributed by atoms with E-state index in [9.17, 15) is 9.59 Å². The Hall–Kier alpha value is -7.34. The molecule has 0 bridgehead atoms. The monoisotopic (exact) mass is 754 g/mol. The van der Waals surface area contributed by atoms with E-state index in [0.29, 0.717) is 22.9 Å². The lowest BCUT2D eigenvalue weighted by atomic mass is 10.2. The summed E-state index contributed by atoms with van der Waals surface area (Å²) in [5.74, 6) is 2.24. The Balaban J connectivity index is 1.14. The molecule has 6 aromatic carbocycles. The van der Waals surface area contributed by atoms with Gasteiger partial charge in [0.1, 0.15) is 23.0 Å². The van der Waals surface area contributed by atoms with Gasteiger partial charge in [0.15, 0.2) is 11.5 Å². The van der Waals surface area contributed by atoms with Crippen molar-refractivity contribution in [3.8, 4) is 34.5 Å². The highest BCUT2D eigenvalue weighted by atomic mass is 16.5. The van der Waals surface area contributed by atoms with Crippen LogP contribution in [0.2, 0.25) is 0 Å². The number of carbonyl (C=O) groups excluding carboxylic acids is 2. The van der Waals surface area contributed by atoms with E-state index < -0.39 is 11.9 Å². The second-order valence-electron chi connectivity index (χ2n) is 12.3. The molecule has 6 aromatic rings. The Morgan fingerprint density at radius 2 is 0.643 bits per heavy atom. The minimum atomic E-state index is -0.605. The van der Waals surface area contributed by atoms with Crippen molar-refractivity contribution in [2.75, 3.05) is 49.7 Å². The van der Waals surface area contributed by atoms with Gasteiger partial charge in [0.25, 0.3) is 0 Å². The van der Waals surface area contributed by atoms with Crippen LogP contribution in [-0.4, -0.2) is 40.4 Å². The highest BCUT2D eigenvalue weighted by molar-refractivity contribution is 5.84. The van der Waals surface area contributed by atoms with Gasteiger partial charge in [-0.15, -0.1) is 0 Å². The number of benzene rings is 6. The van der Waals surface area contributed by atoms with E-state index in [1.165, 1.54) is 0 Å². The molecule has 0 aromatic heterocycles. The van der Waals surface area contributed by atoms with Gasteiger partial charge in [0, 0.05) is 34.1 Å². The summed E-state index contributed by atoms with van der Waals surface area (Å²) in [6.45, 7) is 0. The predicted octanol–water partition coefficient (Wildman–Crippen LogP) is 9.99. The number of ether oxygens (including phenoxy) is 6. The molecular formula is C44H42N4O8. The van der Waals surface area contributed by atoms with Crippen molar-refractivity contribution in [2.24, 2.45) is 0 Å². The number of nitrogens with one attached hydrogen (secondary N) is 4. The molecule has 6 rings (SSSR count). The van der Waals surface area contributed by atoms with E-state index in [1.54, 1.807) is 52.7 Å². The van der Waals surface area contributed by atoms with E-state index in [2.05, 4.69) is 21.3 Å². The van der Waals surface area contributed by atoms with E-state index in [0.717, 1.165) is 45.6 Å². The summed E-state index contributed by atoms with van der Waals surface area (Å²) < 4.78 is 32.7. The van der Waals surface area contributed by atoms with E-state index in [4.69, 9.17) is 28.4 Å². The van der Waals surface area contributed by atoms with Gasteiger partial charge in [-0.05, 0) is 133 Å². The van der Waals surface area contributed by atoms with Crippen LogP contribution in [-0.2, 0) is 9.59 Å². The van der Waals surface area contributed by atoms with Crippen molar-refractivity contribution in [1.82, 2.24) is 0 Å². The third-order valence-corrected chi connectivity index (χ3v) is 8.44. The number of carbonyl (C=O) groups is 2. The molecule has 0 aliphatic heterocycles. The maximum Gasteiger partial charge on any atom is 0.311 e. The maximum absolute atomic E-state index is 13.2. The second-order valence-corrected chi connectivity index (χ2v) is 12.3. The van der Waals surface area contributed by atoms with Gasteiger partial charge in [-0.2, -0.15) is 0 Å². The van der Waals surface area contributed by atoms with Gasteiger partial charge >= 0.3 is 11.9 Å². The lowest BCUT2D eigenvalue weighted by molar-refractivity contribution is -0.140. The largest absolute Gasteiger partial charge is 0.497 e. The van der Waals surface area contributed by atoms with Crippen LogP contribution in [0.25, 0.3) is 0 Å². The Morgan fingerprint density at radius 3 is 0.929 bits per heavy atom. The van der Waals surface area contributed by atoms with E-state index in [-0.39, 0.29) is 24.3 Å². The molecule has 0 fully saturated rings. The molecule has 0 spiro atoms. The van der Waals surface area contributed by atoms with Gasteiger partial charge in [-0.1, -0.05) is 0 Å². The van der Waals surface area contributed by atoms with E-state index in [1.807, 2.05) is 109 Å². The number of hydrogen-bond donors (Lipinski definition) is 4. The zero-order valence-corrected chi connectivity index (χ0v) is 31.4. The fourth-order valence-corrected chi connectivity index (χ4v) is 5.48. The second kappa shape index (κ2) is 18.6. The molecule has 0 aliphatic rings. The molecule has 12 nitrogen and oxygen atoms in total. The average Bonchev–Trinajstić information content (AvgIpc) is 3.23. The highest BCUT2D eigenvalue weighted by Gasteiger charge is 2.17. The molecular weight excluding hydrogens is 713 g/mol. The molecule has 0 heterocycles. The van der Waals surface area contributed by atoms with Crippen LogP contribution in [0.3, 0.4) is 0 Å². The quantitative estimate of drug-likeness (QED) is 0.0521. The van der Waals surface area contributed by atoms with Gasteiger partial charge in [-0.3, -0.25) is 9.59 Å². The highest BCUT2D eigenvalue weighted by Crippen LogP contribution is 2.35. The third kappa shape index (κ3) is 10.6. The Kier molecular flexibility index (Phi) is 12.8. The van der Waals surface area contributed by atoms with Crippen molar-refractivity contribution in [3.63, 3.8) is 0 Å². The minimum absolute atomic E-state index is 0.217. The lowest BCUT2D eigenvalue weighted by Crippen LogP contribution is -2.15. The van der Waals surface area contributed by atoms with Crippen LogP contribution in [0.15, 0.2) is 133 Å². The SMILES string of the molecule is COc1ccc(Nc2ccc(OC(=O)CCC(=O)Oc3ccc(Nc4ccc(OC)cc4)cc3Nc3ccc(OC)cc3)c(Nc3ccc(OC)cc3)c2)cc1. The number of esters is 2. The summed E-state index contributed by atoms with van der Waals surface area (Å²) in [6.07, 6.45) is -0.435. The standard InChI is InChI=1S/C44H42N4O8/c1-51-35-15-5-29(6-16-35)45-33-13-23-41(39(27-33)47-31-9-19-37(53-3)20-10-31)55-43(49)25-26-44(50)56-42-24-14-34(46-30-7-17-36(52-2)18-8-30)28-40(42)48-32-11-21-38(54-4)22-12-32/h5-24,27-28,45-48H,25-26H2,1-4H3. The molecule has 0 radical (unpaired) electrons. The number of anilines is 8. The van der Waals surface area contributed by atoms with Crippen LogP contribution < -0.4 is 49.7 Å².